The molecule has 18 heavy (non-hydrogen) atoms. The van der Waals surface area contributed by atoms with E-state index in [1.54, 1.807) is 12.2 Å². The Kier molecular flexibility index (Phi) is 13.2. The van der Waals surface area contributed by atoms with Crippen LogP contribution in [0.15, 0.2) is 49.6 Å². The van der Waals surface area contributed by atoms with Gasteiger partial charge in [-0.3, -0.25) is 0 Å². The second-order valence-electron chi connectivity index (χ2n) is 3.16. The van der Waals surface area contributed by atoms with Crippen molar-refractivity contribution in [1.29, 1.82) is 0 Å². The van der Waals surface area contributed by atoms with Gasteiger partial charge in [0.2, 0.25) is 0 Å². The predicted molar refractivity (Wildman–Crippen MR) is 72.2 cm³/mol. The average Bonchev–Trinajstić information content (AvgIpc) is 2.36. The number of hydrogen-bond acceptors (Lipinski definition) is 3. The van der Waals surface area contributed by atoms with E-state index >= 15 is 0 Å². The normalized spacial score (nSPS) is 8.94. The zero-order chi connectivity index (χ0) is 14.4. The second kappa shape index (κ2) is 13.0. The molecule has 0 atom stereocenters. The molecule has 0 aliphatic carbocycles. The van der Waals surface area contributed by atoms with Gasteiger partial charge in [-0.1, -0.05) is 45.2 Å². The lowest BCUT2D eigenvalue weighted by Crippen LogP contribution is -2.07. The number of carbonyl (C=O) groups is 2. The van der Waals surface area contributed by atoms with Crippen molar-refractivity contribution in [2.24, 2.45) is 0 Å². The van der Waals surface area contributed by atoms with Gasteiger partial charge in [-0.15, -0.1) is 0 Å². The van der Waals surface area contributed by atoms with E-state index in [1.807, 2.05) is 6.92 Å². The summed E-state index contributed by atoms with van der Waals surface area (Å²) in [5, 5.41) is 8.28. The van der Waals surface area contributed by atoms with Crippen molar-refractivity contribution >= 4 is 11.9 Å². The summed E-state index contributed by atoms with van der Waals surface area (Å²) in [6.45, 7) is 12.4. The quantitative estimate of drug-likeness (QED) is 0.327. The van der Waals surface area contributed by atoms with E-state index < -0.39 is 11.9 Å². The van der Waals surface area contributed by atoms with E-state index in [4.69, 9.17) is 9.84 Å². The van der Waals surface area contributed by atoms with Gasteiger partial charge < -0.3 is 9.84 Å². The van der Waals surface area contributed by atoms with Crippen molar-refractivity contribution in [2.75, 3.05) is 6.61 Å². The van der Waals surface area contributed by atoms with Crippen LogP contribution < -0.4 is 0 Å². The fourth-order valence-electron chi connectivity index (χ4n) is 0.642. The topological polar surface area (TPSA) is 63.6 Å². The van der Waals surface area contributed by atoms with Gasteiger partial charge in [0.25, 0.3) is 0 Å². The van der Waals surface area contributed by atoms with Crippen molar-refractivity contribution < 1.29 is 19.4 Å². The molecule has 0 radical (unpaired) electrons. The SMILES string of the molecule is C=C(C=CC(=O)O)C(=O)OCCCC.C=CC=C. The lowest BCUT2D eigenvalue weighted by Gasteiger charge is -2.02. The Bertz CT molecular complexity index is 321. The Morgan fingerprint density at radius 1 is 1.22 bits per heavy atom. The zero-order valence-corrected chi connectivity index (χ0v) is 10.7. The number of carboxylic acid groups (broad SMARTS) is 1. The first-order valence-corrected chi connectivity index (χ1v) is 5.50. The predicted octanol–water partition coefficient (Wildman–Crippen LogP) is 2.89. The maximum atomic E-state index is 11.1. The summed E-state index contributed by atoms with van der Waals surface area (Å²) in [6, 6.07) is 0. The number of ether oxygens (including phenoxy) is 1. The summed E-state index contributed by atoms with van der Waals surface area (Å²) >= 11 is 0. The van der Waals surface area contributed by atoms with E-state index in [2.05, 4.69) is 19.7 Å². The molecule has 0 spiro atoms. The van der Waals surface area contributed by atoms with Gasteiger partial charge in [0.1, 0.15) is 0 Å². The Balaban J connectivity index is 0. The Morgan fingerprint density at radius 3 is 2.17 bits per heavy atom. The number of carbonyl (C=O) groups excluding carboxylic acids is 1. The molecule has 0 aliphatic heterocycles. The van der Waals surface area contributed by atoms with Gasteiger partial charge in [0.15, 0.2) is 0 Å². The van der Waals surface area contributed by atoms with E-state index in [0.29, 0.717) is 6.61 Å². The maximum Gasteiger partial charge on any atom is 0.337 e. The van der Waals surface area contributed by atoms with Crippen LogP contribution in [-0.4, -0.2) is 23.7 Å². The molecule has 0 saturated heterocycles. The summed E-state index contributed by atoms with van der Waals surface area (Å²) in [7, 11) is 0. The molecule has 0 rings (SSSR count). The molecule has 0 heterocycles. The number of rotatable bonds is 7. The number of esters is 1. The van der Waals surface area contributed by atoms with Crippen LogP contribution in [0.4, 0.5) is 0 Å². The molecule has 0 aliphatic rings. The van der Waals surface area contributed by atoms with Crippen LogP contribution >= 0.6 is 0 Å². The van der Waals surface area contributed by atoms with Crippen molar-refractivity contribution in [3.05, 3.63) is 49.6 Å². The fourth-order valence-corrected chi connectivity index (χ4v) is 0.642. The first-order valence-electron chi connectivity index (χ1n) is 5.50. The minimum absolute atomic E-state index is 0.0449. The third-order valence-corrected chi connectivity index (χ3v) is 1.59. The summed E-state index contributed by atoms with van der Waals surface area (Å²) in [6.07, 6.45) is 6.98. The van der Waals surface area contributed by atoms with Crippen molar-refractivity contribution in [1.82, 2.24) is 0 Å². The molecule has 0 saturated carbocycles. The lowest BCUT2D eigenvalue weighted by molar-refractivity contribution is -0.138. The van der Waals surface area contributed by atoms with Gasteiger partial charge in [-0.05, 0) is 12.5 Å². The molecule has 0 fully saturated rings. The summed E-state index contributed by atoms with van der Waals surface area (Å²) < 4.78 is 4.79. The summed E-state index contributed by atoms with van der Waals surface area (Å²) in [5.41, 5.74) is 0.0449. The zero-order valence-electron chi connectivity index (χ0n) is 10.7. The molecular formula is C14H20O4. The van der Waals surface area contributed by atoms with Crippen LogP contribution in [-0.2, 0) is 14.3 Å². The largest absolute Gasteiger partial charge is 0.478 e. The second-order valence-corrected chi connectivity index (χ2v) is 3.16. The molecule has 0 aromatic carbocycles. The lowest BCUT2D eigenvalue weighted by atomic mass is 10.3. The average molecular weight is 252 g/mol. The van der Waals surface area contributed by atoms with Crippen molar-refractivity contribution in [3.8, 4) is 0 Å². The maximum absolute atomic E-state index is 11.1. The molecule has 4 nitrogen and oxygen atoms in total. The highest BCUT2D eigenvalue weighted by atomic mass is 16.5. The smallest absolute Gasteiger partial charge is 0.337 e. The first-order chi connectivity index (χ1) is 8.49. The van der Waals surface area contributed by atoms with Crippen LogP contribution in [0, 0.1) is 0 Å². The van der Waals surface area contributed by atoms with Crippen LogP contribution in [0.25, 0.3) is 0 Å². The number of carboxylic acids is 1. The molecule has 4 heteroatoms. The van der Waals surface area contributed by atoms with E-state index in [0.717, 1.165) is 25.0 Å². The van der Waals surface area contributed by atoms with Crippen molar-refractivity contribution in [3.63, 3.8) is 0 Å². The number of aliphatic carboxylic acids is 1. The Hall–Kier alpha value is -2.10. The molecule has 0 unspecified atom stereocenters. The number of unbranched alkanes of at least 4 members (excludes halogenated alkanes) is 1. The minimum atomic E-state index is -1.12. The minimum Gasteiger partial charge on any atom is -0.478 e. The third-order valence-electron chi connectivity index (χ3n) is 1.59. The first kappa shape index (κ1) is 18.3. The molecule has 0 aromatic rings. The molecule has 100 valence electrons. The van der Waals surface area contributed by atoms with Gasteiger partial charge in [-0.2, -0.15) is 0 Å². The highest BCUT2D eigenvalue weighted by molar-refractivity contribution is 5.93. The monoisotopic (exact) mass is 252 g/mol. The van der Waals surface area contributed by atoms with Crippen LogP contribution in [0.3, 0.4) is 0 Å². The molecule has 1 N–H and O–H groups in total. The van der Waals surface area contributed by atoms with Gasteiger partial charge in [-0.25, -0.2) is 9.59 Å². The van der Waals surface area contributed by atoms with E-state index in [-0.39, 0.29) is 5.57 Å². The van der Waals surface area contributed by atoms with Crippen LogP contribution in [0.5, 0.6) is 0 Å². The summed E-state index contributed by atoms with van der Waals surface area (Å²) in [5.74, 6) is -1.69. The van der Waals surface area contributed by atoms with Crippen molar-refractivity contribution in [2.45, 2.75) is 19.8 Å². The van der Waals surface area contributed by atoms with E-state index in [9.17, 15) is 9.59 Å². The fraction of sp³-hybridized carbons (Fsp3) is 0.286. The molecule has 0 aromatic heterocycles. The van der Waals surface area contributed by atoms with Gasteiger partial charge in [0.05, 0.1) is 12.2 Å². The molecule has 0 bridgehead atoms. The number of allylic oxidation sites excluding steroid dienone is 2. The Morgan fingerprint density at radius 2 is 1.78 bits per heavy atom. The highest BCUT2D eigenvalue weighted by Gasteiger charge is 2.04. The Labute approximate surface area is 108 Å². The van der Waals surface area contributed by atoms with Gasteiger partial charge in [0, 0.05) is 6.08 Å². The van der Waals surface area contributed by atoms with Gasteiger partial charge >= 0.3 is 11.9 Å². The third kappa shape index (κ3) is 13.9. The highest BCUT2D eigenvalue weighted by Crippen LogP contribution is 1.98. The molecule has 0 amide bonds. The van der Waals surface area contributed by atoms with Crippen LogP contribution in [0.2, 0.25) is 0 Å². The standard InChI is InChI=1S/C10H14O4.C4H6/c1-3-4-7-14-10(13)8(2)5-6-9(11)12;1-3-4-2/h5-6H,2-4,7H2,1H3,(H,11,12);3-4H,1-2H2. The van der Waals surface area contributed by atoms with Crippen LogP contribution in [0.1, 0.15) is 19.8 Å². The van der Waals surface area contributed by atoms with E-state index in [1.165, 1.54) is 0 Å². The molecular weight excluding hydrogens is 232 g/mol. The summed E-state index contributed by atoms with van der Waals surface area (Å²) in [4.78, 5) is 21.2. The number of hydrogen-bond donors (Lipinski definition) is 1.